The van der Waals surface area contributed by atoms with Crippen LogP contribution >= 0.6 is 0 Å². The van der Waals surface area contributed by atoms with E-state index in [2.05, 4.69) is 10.6 Å². The summed E-state index contributed by atoms with van der Waals surface area (Å²) in [5.74, 6) is 0. The maximum atomic E-state index is 3.18. The molecule has 0 aliphatic rings. The molecular formula is C4H10NTa. The summed E-state index contributed by atoms with van der Waals surface area (Å²) < 4.78 is 3.18. The predicted molar refractivity (Wildman–Crippen MR) is 22.9 cm³/mol. The number of rotatable bonds is 3. The first-order valence-electron chi connectivity index (χ1n) is 2.28. The van der Waals surface area contributed by atoms with Crippen molar-refractivity contribution in [3.05, 3.63) is 0 Å². The van der Waals surface area contributed by atoms with E-state index in [1.54, 1.807) is 0 Å². The Morgan fingerprint density at radius 2 is 2.33 bits per heavy atom. The fourth-order valence-corrected chi connectivity index (χ4v) is 0.824. The van der Waals surface area contributed by atoms with Crippen LogP contribution in [0.25, 0.3) is 0 Å². The van der Waals surface area contributed by atoms with Crippen LogP contribution in [0.1, 0.15) is 19.8 Å². The van der Waals surface area contributed by atoms with Crippen LogP contribution in [0.4, 0.5) is 0 Å². The molecule has 0 amide bonds. The second kappa shape index (κ2) is 5.70. The molecule has 0 saturated carbocycles. The predicted octanol–water partition coefficient (Wildman–Crippen LogP) is 0.838. The van der Waals surface area contributed by atoms with Gasteiger partial charge in [0.15, 0.2) is 0 Å². The van der Waals surface area contributed by atoms with Gasteiger partial charge in [-0.1, -0.05) is 0 Å². The summed E-state index contributed by atoms with van der Waals surface area (Å²) in [5, 5.41) is 0. The van der Waals surface area contributed by atoms with Crippen molar-refractivity contribution >= 4 is 0 Å². The molecule has 0 rings (SSSR count). The first-order valence-corrected chi connectivity index (χ1v) is 3.89. The molecule has 0 spiro atoms. The quantitative estimate of drug-likeness (QED) is 0.735. The summed E-state index contributed by atoms with van der Waals surface area (Å²) in [7, 11) is 0. The molecule has 36 valence electrons. The van der Waals surface area contributed by atoms with Crippen molar-refractivity contribution in [2.24, 2.45) is 0 Å². The fraction of sp³-hybridized carbons (Fsp3) is 1.00. The zero-order valence-electron chi connectivity index (χ0n) is 4.07. The molecular weight excluding hydrogens is 243 g/mol. The molecule has 0 aromatic rings. The van der Waals surface area contributed by atoms with Gasteiger partial charge in [0, 0.05) is 0 Å². The first-order chi connectivity index (χ1) is 2.91. The normalized spacial score (nSPS) is 8.83. The van der Waals surface area contributed by atoms with Gasteiger partial charge in [-0.15, -0.1) is 0 Å². The molecule has 0 aliphatic carbocycles. The van der Waals surface area contributed by atoms with E-state index >= 15 is 0 Å². The Morgan fingerprint density at radius 3 is 2.50 bits per heavy atom. The van der Waals surface area contributed by atoms with Crippen LogP contribution in [0.15, 0.2) is 0 Å². The van der Waals surface area contributed by atoms with Crippen LogP contribution in [-0.4, -0.2) is 6.54 Å². The molecule has 0 aromatic carbocycles. The average Bonchev–Trinajstić information content (AvgIpc) is 1.61. The van der Waals surface area contributed by atoms with Crippen LogP contribution in [0.2, 0.25) is 0 Å². The topological polar surface area (TPSA) is 12.0 Å². The summed E-state index contributed by atoms with van der Waals surface area (Å²) in [5.41, 5.74) is 0. The molecule has 0 atom stereocenters. The Labute approximate surface area is 51.7 Å². The van der Waals surface area contributed by atoms with Crippen LogP contribution in [0.5, 0.6) is 0 Å². The zero-order chi connectivity index (χ0) is 4.83. The van der Waals surface area contributed by atoms with E-state index in [9.17, 15) is 0 Å². The molecule has 1 nitrogen and oxygen atoms in total. The molecule has 0 unspecified atom stereocenters. The monoisotopic (exact) mass is 253 g/mol. The van der Waals surface area contributed by atoms with Crippen LogP contribution in [-0.2, 0) is 21.3 Å². The summed E-state index contributed by atoms with van der Waals surface area (Å²) in [6, 6.07) is 0. The van der Waals surface area contributed by atoms with Gasteiger partial charge in [0.1, 0.15) is 0 Å². The molecule has 0 aliphatic heterocycles. The van der Waals surface area contributed by atoms with E-state index < -0.39 is 0 Å². The Bertz CT molecular complexity index is 19.5. The number of hydrogen-bond donors (Lipinski definition) is 1. The summed E-state index contributed by atoms with van der Waals surface area (Å²) in [6.07, 6.45) is 2.64. The van der Waals surface area contributed by atoms with Crippen molar-refractivity contribution in [3.63, 3.8) is 0 Å². The first kappa shape index (κ1) is 6.70. The number of hydrogen-bond acceptors (Lipinski definition) is 1. The number of unbranched alkanes of at least 4 members (excludes halogenated alkanes) is 1. The van der Waals surface area contributed by atoms with Crippen LogP contribution in [0.3, 0.4) is 0 Å². The summed E-state index contributed by atoms with van der Waals surface area (Å²) in [6.45, 7) is 3.42. The van der Waals surface area contributed by atoms with Crippen molar-refractivity contribution in [2.45, 2.75) is 19.8 Å². The van der Waals surface area contributed by atoms with E-state index in [1.807, 2.05) is 0 Å². The Morgan fingerprint density at radius 1 is 1.67 bits per heavy atom. The third kappa shape index (κ3) is 4.70. The van der Waals surface area contributed by atoms with Gasteiger partial charge >= 0.3 is 51.4 Å². The molecule has 2 heteroatoms. The molecule has 1 N–H and O–H groups in total. The third-order valence-electron chi connectivity index (χ3n) is 0.642. The molecule has 0 bridgehead atoms. The second-order valence-corrected chi connectivity index (χ2v) is 2.40. The third-order valence-corrected chi connectivity index (χ3v) is 1.45. The zero-order valence-corrected chi connectivity index (χ0v) is 7.28. The van der Waals surface area contributed by atoms with Crippen LogP contribution in [0, 0.1) is 0 Å². The van der Waals surface area contributed by atoms with Gasteiger partial charge < -0.3 is 0 Å². The molecule has 0 radical (unpaired) electrons. The minimum atomic E-state index is 1.21. The van der Waals surface area contributed by atoms with E-state index in [-0.39, 0.29) is 0 Å². The van der Waals surface area contributed by atoms with Crippen molar-refractivity contribution < 1.29 is 21.3 Å². The van der Waals surface area contributed by atoms with Gasteiger partial charge in [-0.25, -0.2) is 0 Å². The van der Waals surface area contributed by atoms with E-state index in [0.717, 1.165) is 0 Å². The Hall–Kier alpha value is 0.700. The van der Waals surface area contributed by atoms with E-state index in [4.69, 9.17) is 0 Å². The minimum absolute atomic E-state index is 1.21. The van der Waals surface area contributed by atoms with Gasteiger partial charge in [-0.2, -0.15) is 0 Å². The van der Waals surface area contributed by atoms with Crippen molar-refractivity contribution in [3.8, 4) is 0 Å². The summed E-state index contributed by atoms with van der Waals surface area (Å²) in [4.78, 5) is 0. The summed E-state index contributed by atoms with van der Waals surface area (Å²) >= 11 is 1.32. The van der Waals surface area contributed by atoms with E-state index in [1.165, 1.54) is 40.7 Å². The Kier molecular flexibility index (Phi) is 6.37. The maximum absolute atomic E-state index is 3.18. The molecule has 0 aromatic heterocycles. The second-order valence-electron chi connectivity index (χ2n) is 1.26. The van der Waals surface area contributed by atoms with Crippen molar-refractivity contribution in [1.82, 2.24) is 3.72 Å². The number of nitrogens with one attached hydrogen (secondary N) is 1. The standard InChI is InChI=1S/C4H10N.Ta/c1-2-3-4-5;/h5H,2-4H2,1H3;/q-1;+1. The van der Waals surface area contributed by atoms with E-state index in [0.29, 0.717) is 0 Å². The van der Waals surface area contributed by atoms with Gasteiger partial charge in [0.2, 0.25) is 0 Å². The Balaban J connectivity index is 2.34. The molecule has 0 saturated heterocycles. The van der Waals surface area contributed by atoms with Gasteiger partial charge in [0.25, 0.3) is 0 Å². The average molecular weight is 253 g/mol. The SMILES string of the molecule is CCCC[NH][Ta]. The molecule has 6 heavy (non-hydrogen) atoms. The van der Waals surface area contributed by atoms with Gasteiger partial charge in [-0.3, -0.25) is 0 Å². The van der Waals surface area contributed by atoms with Crippen molar-refractivity contribution in [2.75, 3.05) is 6.54 Å². The van der Waals surface area contributed by atoms with Gasteiger partial charge in [-0.05, 0) is 0 Å². The van der Waals surface area contributed by atoms with Gasteiger partial charge in [0.05, 0.1) is 0 Å². The molecule has 0 heterocycles. The fourth-order valence-electron chi connectivity index (χ4n) is 0.256. The molecule has 0 fully saturated rings. The van der Waals surface area contributed by atoms with Crippen molar-refractivity contribution in [1.29, 1.82) is 0 Å². The van der Waals surface area contributed by atoms with Crippen LogP contribution < -0.4 is 3.72 Å².